The summed E-state index contributed by atoms with van der Waals surface area (Å²) in [5.41, 5.74) is 0.736. The fraction of sp³-hybridized carbons (Fsp3) is 0.235. The molecule has 0 unspecified atom stereocenters. The smallest absolute Gasteiger partial charge is 0.296 e. The second-order valence-corrected chi connectivity index (χ2v) is 7.64. The number of thiazole rings is 2. The van der Waals surface area contributed by atoms with E-state index in [2.05, 4.69) is 15.3 Å². The second-order valence-electron chi connectivity index (χ2n) is 5.92. The summed E-state index contributed by atoms with van der Waals surface area (Å²) in [6.45, 7) is 0. The van der Waals surface area contributed by atoms with E-state index in [0.29, 0.717) is 21.6 Å². The fourth-order valence-corrected chi connectivity index (χ4v) is 3.99. The standard InChI is InChI=1S/C17H12F3N3OS2/c18-17(19,20)11-3-1-2-10(6-11)15-21-13(8-25-15)14(24)23-16-22-12(7-26-16)9-4-5-9/h1-3,6-9H,4-5H2,(H,22,23,24). The van der Waals surface area contributed by atoms with Crippen molar-refractivity contribution in [3.05, 3.63) is 52.0 Å². The Labute approximate surface area is 154 Å². The highest BCUT2D eigenvalue weighted by Crippen LogP contribution is 2.41. The zero-order chi connectivity index (χ0) is 18.3. The Balaban J connectivity index is 1.51. The Morgan fingerprint density at radius 2 is 1.96 bits per heavy atom. The number of hydrogen-bond donors (Lipinski definition) is 1. The van der Waals surface area contributed by atoms with E-state index in [9.17, 15) is 18.0 Å². The molecule has 0 bridgehead atoms. The highest BCUT2D eigenvalue weighted by atomic mass is 32.1. The molecule has 1 aliphatic carbocycles. The van der Waals surface area contributed by atoms with Crippen LogP contribution in [0.15, 0.2) is 35.0 Å². The summed E-state index contributed by atoms with van der Waals surface area (Å²) in [5.74, 6) is 0.0832. The summed E-state index contributed by atoms with van der Waals surface area (Å²) in [6, 6.07) is 4.90. The van der Waals surface area contributed by atoms with E-state index in [-0.39, 0.29) is 5.69 Å². The van der Waals surface area contributed by atoms with Gasteiger partial charge < -0.3 is 0 Å². The van der Waals surface area contributed by atoms with Gasteiger partial charge in [0.2, 0.25) is 0 Å². The molecule has 1 saturated carbocycles. The zero-order valence-electron chi connectivity index (χ0n) is 13.2. The number of nitrogens with zero attached hydrogens (tertiary/aromatic N) is 2. The van der Waals surface area contributed by atoms with E-state index in [1.54, 1.807) is 6.07 Å². The van der Waals surface area contributed by atoms with E-state index in [0.717, 1.165) is 42.0 Å². The van der Waals surface area contributed by atoms with E-state index in [1.165, 1.54) is 22.8 Å². The summed E-state index contributed by atoms with van der Waals surface area (Å²) in [5, 5.41) is 7.02. The minimum Gasteiger partial charge on any atom is -0.296 e. The molecule has 2 heterocycles. The molecule has 1 aliphatic rings. The molecule has 1 N–H and O–H groups in total. The summed E-state index contributed by atoms with van der Waals surface area (Å²) in [7, 11) is 0. The van der Waals surface area contributed by atoms with Gasteiger partial charge in [-0.15, -0.1) is 22.7 Å². The summed E-state index contributed by atoms with van der Waals surface area (Å²) < 4.78 is 38.5. The monoisotopic (exact) mass is 395 g/mol. The predicted molar refractivity (Wildman–Crippen MR) is 94.6 cm³/mol. The van der Waals surface area contributed by atoms with Crippen LogP contribution in [0.5, 0.6) is 0 Å². The molecule has 1 aromatic carbocycles. The molecule has 0 saturated heterocycles. The van der Waals surface area contributed by atoms with Crippen LogP contribution in [-0.2, 0) is 6.18 Å². The zero-order valence-corrected chi connectivity index (χ0v) is 14.8. The van der Waals surface area contributed by atoms with Gasteiger partial charge in [0.05, 0.1) is 11.3 Å². The number of benzene rings is 1. The maximum atomic E-state index is 12.8. The molecule has 0 atom stereocenters. The lowest BCUT2D eigenvalue weighted by Crippen LogP contribution is -2.12. The summed E-state index contributed by atoms with van der Waals surface area (Å²) in [6.07, 6.45) is -2.16. The van der Waals surface area contributed by atoms with Crippen LogP contribution in [0.1, 0.15) is 40.5 Å². The lowest BCUT2D eigenvalue weighted by molar-refractivity contribution is -0.137. The molecule has 134 valence electrons. The maximum Gasteiger partial charge on any atom is 0.416 e. The topological polar surface area (TPSA) is 54.9 Å². The predicted octanol–water partition coefficient (Wildman–Crippen LogP) is 5.42. The number of aromatic nitrogens is 2. The third-order valence-electron chi connectivity index (χ3n) is 3.91. The maximum absolute atomic E-state index is 12.8. The minimum atomic E-state index is -4.42. The fourth-order valence-electron chi connectivity index (χ4n) is 2.41. The van der Waals surface area contributed by atoms with Gasteiger partial charge >= 0.3 is 6.18 Å². The van der Waals surface area contributed by atoms with Crippen LogP contribution in [0, 0.1) is 0 Å². The van der Waals surface area contributed by atoms with Gasteiger partial charge in [0.1, 0.15) is 10.7 Å². The van der Waals surface area contributed by atoms with Crippen LogP contribution in [0.25, 0.3) is 10.6 Å². The van der Waals surface area contributed by atoms with Gasteiger partial charge in [-0.1, -0.05) is 12.1 Å². The number of nitrogens with one attached hydrogen (secondary N) is 1. The first-order valence-corrected chi connectivity index (χ1v) is 9.56. The van der Waals surface area contributed by atoms with Crippen LogP contribution >= 0.6 is 22.7 Å². The van der Waals surface area contributed by atoms with Crippen molar-refractivity contribution in [2.24, 2.45) is 0 Å². The third-order valence-corrected chi connectivity index (χ3v) is 5.58. The first-order chi connectivity index (χ1) is 12.4. The number of hydrogen-bond acceptors (Lipinski definition) is 5. The van der Waals surface area contributed by atoms with Crippen LogP contribution in [0.2, 0.25) is 0 Å². The molecule has 0 aliphatic heterocycles. The van der Waals surface area contributed by atoms with Gasteiger partial charge in [0.15, 0.2) is 5.13 Å². The SMILES string of the molecule is O=C(Nc1nc(C2CC2)cs1)c1csc(-c2cccc(C(F)(F)F)c2)n1. The van der Waals surface area contributed by atoms with Crippen LogP contribution < -0.4 is 5.32 Å². The molecule has 9 heteroatoms. The van der Waals surface area contributed by atoms with E-state index in [4.69, 9.17) is 0 Å². The van der Waals surface area contributed by atoms with Crippen molar-refractivity contribution in [3.8, 4) is 10.6 Å². The number of halogens is 3. The van der Waals surface area contributed by atoms with E-state index in [1.807, 2.05) is 5.38 Å². The van der Waals surface area contributed by atoms with Gasteiger partial charge in [-0.3, -0.25) is 10.1 Å². The van der Waals surface area contributed by atoms with E-state index >= 15 is 0 Å². The Hall–Kier alpha value is -2.26. The molecule has 4 rings (SSSR count). The van der Waals surface area contributed by atoms with Crippen molar-refractivity contribution in [1.29, 1.82) is 0 Å². The quantitative estimate of drug-likeness (QED) is 0.642. The van der Waals surface area contributed by atoms with Crippen molar-refractivity contribution in [2.75, 3.05) is 5.32 Å². The van der Waals surface area contributed by atoms with Crippen molar-refractivity contribution >= 4 is 33.7 Å². The van der Waals surface area contributed by atoms with Gasteiger partial charge in [-0.2, -0.15) is 13.2 Å². The molecule has 3 aromatic rings. The number of anilines is 1. The summed E-state index contributed by atoms with van der Waals surface area (Å²) in [4.78, 5) is 20.8. The first-order valence-electron chi connectivity index (χ1n) is 7.80. The van der Waals surface area contributed by atoms with Crippen LogP contribution in [0.3, 0.4) is 0 Å². The minimum absolute atomic E-state index is 0.158. The Kier molecular flexibility index (Phi) is 4.28. The number of carbonyl (C=O) groups excluding carboxylic acids is 1. The number of amides is 1. The molecule has 26 heavy (non-hydrogen) atoms. The average Bonchev–Trinajstić information content (AvgIpc) is 3.15. The third kappa shape index (κ3) is 3.63. The first kappa shape index (κ1) is 17.2. The van der Waals surface area contributed by atoms with Crippen LogP contribution in [-0.4, -0.2) is 15.9 Å². The highest BCUT2D eigenvalue weighted by molar-refractivity contribution is 7.14. The molecular formula is C17H12F3N3OS2. The van der Waals surface area contributed by atoms with Crippen LogP contribution in [0.4, 0.5) is 18.3 Å². The Morgan fingerprint density at radius 3 is 2.69 bits per heavy atom. The number of alkyl halides is 3. The van der Waals surface area contributed by atoms with Gasteiger partial charge in [-0.25, -0.2) is 9.97 Å². The molecule has 0 spiro atoms. The van der Waals surface area contributed by atoms with E-state index < -0.39 is 17.6 Å². The largest absolute Gasteiger partial charge is 0.416 e. The lowest BCUT2D eigenvalue weighted by Gasteiger charge is -2.07. The molecule has 1 amide bonds. The molecule has 2 aromatic heterocycles. The summed E-state index contributed by atoms with van der Waals surface area (Å²) >= 11 is 2.48. The van der Waals surface area contributed by atoms with Crippen molar-refractivity contribution in [2.45, 2.75) is 24.9 Å². The van der Waals surface area contributed by atoms with Crippen molar-refractivity contribution in [1.82, 2.24) is 9.97 Å². The van der Waals surface area contributed by atoms with Gasteiger partial charge in [0, 0.05) is 22.2 Å². The Bertz CT molecular complexity index is 960. The molecule has 1 fully saturated rings. The molecular weight excluding hydrogens is 383 g/mol. The van der Waals surface area contributed by atoms with Gasteiger partial charge in [0.25, 0.3) is 5.91 Å². The average molecular weight is 395 g/mol. The second kappa shape index (κ2) is 6.48. The highest BCUT2D eigenvalue weighted by Gasteiger charge is 2.30. The number of rotatable bonds is 4. The van der Waals surface area contributed by atoms with Crippen molar-refractivity contribution in [3.63, 3.8) is 0 Å². The Morgan fingerprint density at radius 1 is 1.15 bits per heavy atom. The number of carbonyl (C=O) groups is 1. The lowest BCUT2D eigenvalue weighted by atomic mass is 10.1. The van der Waals surface area contributed by atoms with Crippen molar-refractivity contribution < 1.29 is 18.0 Å². The molecule has 4 nitrogen and oxygen atoms in total. The molecule has 0 radical (unpaired) electrons. The van der Waals surface area contributed by atoms with Gasteiger partial charge in [-0.05, 0) is 25.0 Å². The normalized spacial score (nSPS) is 14.4.